The Kier molecular flexibility index (Phi) is 2.41. The summed E-state index contributed by atoms with van der Waals surface area (Å²) < 4.78 is 1.25. The number of fused-ring (bicyclic) bond motifs is 1. The largest absolute Gasteiger partial charge is 0.0622 e. The molecule has 0 saturated carbocycles. The summed E-state index contributed by atoms with van der Waals surface area (Å²) in [6.07, 6.45) is 2.22. The molecule has 0 bridgehead atoms. The van der Waals surface area contributed by atoms with E-state index in [0.717, 1.165) is 0 Å². The van der Waals surface area contributed by atoms with Crippen molar-refractivity contribution in [3.63, 3.8) is 0 Å². The van der Waals surface area contributed by atoms with Crippen molar-refractivity contribution in [2.75, 3.05) is 0 Å². The van der Waals surface area contributed by atoms with Crippen molar-refractivity contribution in [2.24, 2.45) is 0 Å². The molecule has 1 atom stereocenters. The first-order chi connectivity index (χ1) is 7.86. The van der Waals surface area contributed by atoms with Gasteiger partial charge in [0.1, 0.15) is 0 Å². The molecule has 2 aromatic rings. The lowest BCUT2D eigenvalue weighted by atomic mass is 9.93. The molecule has 0 N–H and O–H groups in total. The van der Waals surface area contributed by atoms with Crippen LogP contribution in [0, 0.1) is 0 Å². The van der Waals surface area contributed by atoms with E-state index in [4.69, 9.17) is 0 Å². The third-order valence-electron chi connectivity index (χ3n) is 3.01. The molecule has 78 valence electrons. The maximum atomic E-state index is 3.68. The molecule has 1 unspecified atom stereocenters. The van der Waals surface area contributed by atoms with Crippen LogP contribution in [0.2, 0.25) is 0 Å². The summed E-state index contributed by atoms with van der Waals surface area (Å²) in [6.45, 7) is 0. The molecule has 0 fully saturated rings. The Bertz CT molecular complexity index is 540. The first-order valence-corrected chi connectivity index (χ1v) is 6.16. The minimum absolute atomic E-state index is 0.373. The molecule has 0 aromatic heterocycles. The van der Waals surface area contributed by atoms with Crippen LogP contribution in [0.3, 0.4) is 0 Å². The Hall–Kier alpha value is -1.34. The topological polar surface area (TPSA) is 0 Å². The third-order valence-corrected chi connectivity index (χ3v) is 3.70. The van der Waals surface area contributed by atoms with Crippen LogP contribution in [0.15, 0.2) is 59.1 Å². The number of rotatable bonds is 1. The molecule has 0 spiro atoms. The first-order valence-electron chi connectivity index (χ1n) is 5.37. The van der Waals surface area contributed by atoms with E-state index in [9.17, 15) is 0 Å². The molecule has 2 aromatic carbocycles. The van der Waals surface area contributed by atoms with Crippen LogP contribution >= 0.6 is 15.9 Å². The Balaban J connectivity index is 2.14. The quantitative estimate of drug-likeness (QED) is 0.712. The van der Waals surface area contributed by atoms with Crippen LogP contribution in [-0.4, -0.2) is 0 Å². The summed E-state index contributed by atoms with van der Waals surface area (Å²) in [4.78, 5) is 0. The van der Waals surface area contributed by atoms with Gasteiger partial charge in [0.15, 0.2) is 0 Å². The molecule has 0 amide bonds. The maximum Gasteiger partial charge on any atom is 0.0412 e. The predicted molar refractivity (Wildman–Crippen MR) is 71.6 cm³/mol. The van der Waals surface area contributed by atoms with Gasteiger partial charge in [-0.1, -0.05) is 70.5 Å². The molecule has 16 heavy (non-hydrogen) atoms. The summed E-state index contributed by atoms with van der Waals surface area (Å²) in [5.74, 6) is 0.373. The van der Waals surface area contributed by atoms with Gasteiger partial charge < -0.3 is 0 Å². The van der Waals surface area contributed by atoms with Crippen LogP contribution in [-0.2, 0) is 0 Å². The number of allylic oxidation sites excluding steroid dienone is 1. The van der Waals surface area contributed by atoms with Crippen LogP contribution in [0.5, 0.6) is 0 Å². The molecule has 1 aliphatic carbocycles. The van der Waals surface area contributed by atoms with Crippen molar-refractivity contribution in [2.45, 2.75) is 5.92 Å². The lowest BCUT2D eigenvalue weighted by Crippen LogP contribution is -1.97. The molecule has 0 nitrogen and oxygen atoms in total. The fraction of sp³-hybridized carbons (Fsp3) is 0.0667. The summed E-state index contributed by atoms with van der Waals surface area (Å²) >= 11 is 3.68. The number of benzene rings is 2. The van der Waals surface area contributed by atoms with Gasteiger partial charge in [0.25, 0.3) is 0 Å². The van der Waals surface area contributed by atoms with Crippen molar-refractivity contribution in [3.8, 4) is 0 Å². The van der Waals surface area contributed by atoms with Crippen LogP contribution in [0.1, 0.15) is 22.6 Å². The highest BCUT2D eigenvalue weighted by molar-refractivity contribution is 9.11. The van der Waals surface area contributed by atoms with Crippen molar-refractivity contribution >= 4 is 22.0 Å². The van der Waals surface area contributed by atoms with Crippen LogP contribution in [0.25, 0.3) is 6.08 Å². The highest BCUT2D eigenvalue weighted by Crippen LogP contribution is 2.43. The first kappa shape index (κ1) is 9.86. The standard InChI is InChI=1S/C15H11Br/c16-14-10-12-8-4-5-9-13(12)15(14)11-6-2-1-3-7-11/h1-10,15H. The second-order valence-corrected chi connectivity index (χ2v) is 4.92. The van der Waals surface area contributed by atoms with E-state index in [1.165, 1.54) is 21.2 Å². The highest BCUT2D eigenvalue weighted by Gasteiger charge is 2.24. The van der Waals surface area contributed by atoms with Crippen molar-refractivity contribution < 1.29 is 0 Å². The normalized spacial score (nSPS) is 18.1. The van der Waals surface area contributed by atoms with Gasteiger partial charge in [-0.25, -0.2) is 0 Å². The van der Waals surface area contributed by atoms with Gasteiger partial charge in [0.2, 0.25) is 0 Å². The average molecular weight is 271 g/mol. The Morgan fingerprint density at radius 3 is 2.31 bits per heavy atom. The van der Waals surface area contributed by atoms with Gasteiger partial charge in [-0.05, 0) is 22.8 Å². The van der Waals surface area contributed by atoms with E-state index < -0.39 is 0 Å². The number of hydrogen-bond acceptors (Lipinski definition) is 0. The SMILES string of the molecule is BrC1=Cc2ccccc2C1c1ccccc1. The van der Waals surface area contributed by atoms with E-state index in [-0.39, 0.29) is 0 Å². The average Bonchev–Trinajstić information content (AvgIpc) is 2.66. The van der Waals surface area contributed by atoms with E-state index in [0.29, 0.717) is 5.92 Å². The summed E-state index contributed by atoms with van der Waals surface area (Å²) in [6, 6.07) is 19.2. The van der Waals surface area contributed by atoms with Gasteiger partial charge in [-0.2, -0.15) is 0 Å². The van der Waals surface area contributed by atoms with Crippen molar-refractivity contribution in [1.82, 2.24) is 0 Å². The van der Waals surface area contributed by atoms with Crippen LogP contribution in [0.4, 0.5) is 0 Å². The van der Waals surface area contributed by atoms with E-state index in [2.05, 4.69) is 76.6 Å². The maximum absolute atomic E-state index is 3.68. The minimum Gasteiger partial charge on any atom is -0.0622 e. The molecular formula is C15H11Br. The fourth-order valence-electron chi connectivity index (χ4n) is 2.27. The van der Waals surface area contributed by atoms with E-state index in [1.807, 2.05) is 0 Å². The zero-order valence-electron chi connectivity index (χ0n) is 8.73. The molecule has 1 aliphatic rings. The second-order valence-electron chi connectivity index (χ2n) is 4.00. The van der Waals surface area contributed by atoms with Gasteiger partial charge in [0, 0.05) is 10.4 Å². The zero-order chi connectivity index (χ0) is 11.0. The van der Waals surface area contributed by atoms with Crippen molar-refractivity contribution in [3.05, 3.63) is 75.8 Å². The molecule has 1 heteroatoms. The van der Waals surface area contributed by atoms with E-state index in [1.54, 1.807) is 0 Å². The molecule has 0 radical (unpaired) electrons. The molecule has 0 saturated heterocycles. The fourth-order valence-corrected chi connectivity index (χ4v) is 3.03. The minimum atomic E-state index is 0.373. The molecular weight excluding hydrogens is 260 g/mol. The van der Waals surface area contributed by atoms with E-state index >= 15 is 0 Å². The van der Waals surface area contributed by atoms with Crippen LogP contribution < -0.4 is 0 Å². The lowest BCUT2D eigenvalue weighted by molar-refractivity contribution is 1.04. The highest BCUT2D eigenvalue weighted by atomic mass is 79.9. The predicted octanol–water partition coefficient (Wildman–Crippen LogP) is 4.57. The third kappa shape index (κ3) is 1.52. The van der Waals surface area contributed by atoms with Gasteiger partial charge in [0.05, 0.1) is 0 Å². The lowest BCUT2D eigenvalue weighted by Gasteiger charge is -2.13. The van der Waals surface area contributed by atoms with Crippen molar-refractivity contribution in [1.29, 1.82) is 0 Å². The van der Waals surface area contributed by atoms with Gasteiger partial charge >= 0.3 is 0 Å². The summed E-state index contributed by atoms with van der Waals surface area (Å²) in [5, 5.41) is 0. The Morgan fingerprint density at radius 2 is 1.50 bits per heavy atom. The number of halogens is 1. The summed E-state index contributed by atoms with van der Waals surface area (Å²) in [7, 11) is 0. The number of hydrogen-bond donors (Lipinski definition) is 0. The Morgan fingerprint density at radius 1 is 0.812 bits per heavy atom. The molecule has 0 heterocycles. The molecule has 3 rings (SSSR count). The monoisotopic (exact) mass is 270 g/mol. The van der Waals surface area contributed by atoms with Gasteiger partial charge in [-0.15, -0.1) is 0 Å². The molecule has 0 aliphatic heterocycles. The second kappa shape index (κ2) is 3.91. The smallest absolute Gasteiger partial charge is 0.0412 e. The van der Waals surface area contributed by atoms with Gasteiger partial charge in [-0.3, -0.25) is 0 Å². The summed E-state index contributed by atoms with van der Waals surface area (Å²) in [5.41, 5.74) is 4.05. The Labute approximate surface area is 104 Å². The zero-order valence-corrected chi connectivity index (χ0v) is 10.3.